The molecule has 3 aromatic rings. The van der Waals surface area contributed by atoms with Crippen molar-refractivity contribution in [2.45, 2.75) is 30.5 Å². The summed E-state index contributed by atoms with van der Waals surface area (Å²) < 4.78 is 18.8. The average molecular weight is 412 g/mol. The van der Waals surface area contributed by atoms with Gasteiger partial charge in [-0.25, -0.2) is 0 Å². The van der Waals surface area contributed by atoms with Gasteiger partial charge in [0, 0.05) is 12.4 Å². The molecule has 4 rings (SSSR count). The molecule has 2 aromatic carbocycles. The van der Waals surface area contributed by atoms with Crippen LogP contribution in [0, 0.1) is 0 Å². The topological polar surface area (TPSA) is 58.4 Å². The maximum Gasteiger partial charge on any atom is 0.196 e. The van der Waals surface area contributed by atoms with Crippen LogP contribution in [0.25, 0.3) is 17.1 Å². The van der Waals surface area contributed by atoms with E-state index in [-0.39, 0.29) is 6.10 Å². The molecule has 1 atom stereocenters. The Morgan fingerprint density at radius 3 is 2.59 bits per heavy atom. The fourth-order valence-electron chi connectivity index (χ4n) is 3.44. The molecule has 1 aliphatic heterocycles. The minimum Gasteiger partial charge on any atom is -0.497 e. The maximum absolute atomic E-state index is 5.89. The number of thioether (sulfide) groups is 1. The highest BCUT2D eigenvalue weighted by Crippen LogP contribution is 2.34. The Hall–Kier alpha value is -2.51. The van der Waals surface area contributed by atoms with Crippen molar-refractivity contribution in [3.63, 3.8) is 0 Å². The van der Waals surface area contributed by atoms with Crippen molar-refractivity contribution >= 4 is 11.8 Å². The molecule has 1 unspecified atom stereocenters. The van der Waals surface area contributed by atoms with Crippen LogP contribution in [0.15, 0.2) is 53.7 Å². The van der Waals surface area contributed by atoms with Crippen molar-refractivity contribution in [2.75, 3.05) is 26.6 Å². The third-order valence-electron chi connectivity index (χ3n) is 4.98. The number of nitrogens with zero attached hydrogens (tertiary/aromatic N) is 3. The number of benzene rings is 2. The minimum absolute atomic E-state index is 0.268. The standard InChI is InChI=1S/C22H25N3O3S/c1-26-17-12-10-16(11-13-17)25-21(19-8-3-4-9-20(19)27-2)23-24-22(25)29-15-18-7-5-6-14-28-18/h3-4,8-13,18H,5-7,14-15H2,1-2H3. The lowest BCUT2D eigenvalue weighted by Gasteiger charge is -2.22. The number of hydrogen-bond acceptors (Lipinski definition) is 6. The van der Waals surface area contributed by atoms with Gasteiger partial charge in [0.15, 0.2) is 11.0 Å². The summed E-state index contributed by atoms with van der Waals surface area (Å²) in [7, 11) is 3.34. The number of methoxy groups -OCH3 is 2. The van der Waals surface area contributed by atoms with Crippen LogP contribution in [0.4, 0.5) is 0 Å². The number of hydrogen-bond donors (Lipinski definition) is 0. The minimum atomic E-state index is 0.268. The molecular formula is C22H25N3O3S. The van der Waals surface area contributed by atoms with E-state index in [1.807, 2.05) is 48.5 Å². The van der Waals surface area contributed by atoms with E-state index >= 15 is 0 Å². The van der Waals surface area contributed by atoms with E-state index < -0.39 is 0 Å². The summed E-state index contributed by atoms with van der Waals surface area (Å²) in [6.07, 6.45) is 3.75. The molecule has 2 heterocycles. The normalized spacial score (nSPS) is 16.6. The van der Waals surface area contributed by atoms with E-state index in [0.717, 1.165) is 58.9 Å². The third kappa shape index (κ3) is 4.41. The number of ether oxygens (including phenoxy) is 3. The SMILES string of the molecule is COc1ccc(-n2c(SCC3CCCCO3)nnc2-c2ccccc2OC)cc1. The summed E-state index contributed by atoms with van der Waals surface area (Å²) in [5.41, 5.74) is 1.88. The monoisotopic (exact) mass is 411 g/mol. The van der Waals surface area contributed by atoms with Crippen LogP contribution in [0.1, 0.15) is 19.3 Å². The first-order chi connectivity index (χ1) is 14.3. The third-order valence-corrected chi connectivity index (χ3v) is 6.05. The lowest BCUT2D eigenvalue weighted by molar-refractivity contribution is 0.0315. The quantitative estimate of drug-likeness (QED) is 0.529. The molecule has 1 aromatic heterocycles. The van der Waals surface area contributed by atoms with E-state index in [0.29, 0.717) is 0 Å². The van der Waals surface area contributed by atoms with Gasteiger partial charge in [0.05, 0.1) is 31.6 Å². The lowest BCUT2D eigenvalue weighted by Crippen LogP contribution is -2.21. The highest BCUT2D eigenvalue weighted by Gasteiger charge is 2.21. The summed E-state index contributed by atoms with van der Waals surface area (Å²) in [5.74, 6) is 3.19. The maximum atomic E-state index is 5.89. The Morgan fingerprint density at radius 1 is 1.03 bits per heavy atom. The van der Waals surface area contributed by atoms with Gasteiger partial charge in [-0.05, 0) is 55.7 Å². The van der Waals surface area contributed by atoms with Crippen molar-refractivity contribution in [3.05, 3.63) is 48.5 Å². The molecule has 0 radical (unpaired) electrons. The van der Waals surface area contributed by atoms with Gasteiger partial charge >= 0.3 is 0 Å². The van der Waals surface area contributed by atoms with Crippen LogP contribution in [0.3, 0.4) is 0 Å². The molecule has 6 nitrogen and oxygen atoms in total. The first kappa shape index (κ1) is 19.8. The Bertz CT molecular complexity index is 937. The van der Waals surface area contributed by atoms with Gasteiger partial charge in [-0.3, -0.25) is 4.57 Å². The fourth-order valence-corrected chi connectivity index (χ4v) is 4.46. The van der Waals surface area contributed by atoms with Gasteiger partial charge < -0.3 is 14.2 Å². The Labute approximate surface area is 175 Å². The average Bonchev–Trinajstić information content (AvgIpc) is 3.22. The second kappa shape index (κ2) is 9.33. The van der Waals surface area contributed by atoms with Crippen LogP contribution in [-0.4, -0.2) is 47.4 Å². The van der Waals surface area contributed by atoms with Gasteiger partial charge in [-0.2, -0.15) is 0 Å². The van der Waals surface area contributed by atoms with Crippen molar-refractivity contribution in [1.82, 2.24) is 14.8 Å². The molecule has 152 valence electrons. The van der Waals surface area contributed by atoms with E-state index in [9.17, 15) is 0 Å². The molecule has 0 saturated carbocycles. The summed E-state index contributed by atoms with van der Waals surface area (Å²) in [6.45, 7) is 0.850. The first-order valence-corrected chi connectivity index (χ1v) is 10.8. The fraction of sp³-hybridized carbons (Fsp3) is 0.364. The number of para-hydroxylation sites is 1. The molecule has 0 bridgehead atoms. The first-order valence-electron chi connectivity index (χ1n) is 9.78. The number of rotatable bonds is 7. The lowest BCUT2D eigenvalue weighted by atomic mass is 10.1. The molecule has 1 fully saturated rings. The largest absolute Gasteiger partial charge is 0.497 e. The molecule has 7 heteroatoms. The summed E-state index contributed by atoms with van der Waals surface area (Å²) in [6, 6.07) is 15.8. The highest BCUT2D eigenvalue weighted by atomic mass is 32.2. The van der Waals surface area contributed by atoms with Crippen LogP contribution >= 0.6 is 11.8 Å². The molecule has 0 N–H and O–H groups in total. The van der Waals surface area contributed by atoms with Gasteiger partial charge in [0.2, 0.25) is 0 Å². The van der Waals surface area contributed by atoms with Gasteiger partial charge in [0.1, 0.15) is 11.5 Å². The van der Waals surface area contributed by atoms with Crippen LogP contribution in [0.5, 0.6) is 11.5 Å². The second-order valence-corrected chi connectivity index (χ2v) is 7.83. The zero-order chi connectivity index (χ0) is 20.1. The molecule has 29 heavy (non-hydrogen) atoms. The highest BCUT2D eigenvalue weighted by molar-refractivity contribution is 7.99. The van der Waals surface area contributed by atoms with Crippen molar-refractivity contribution in [3.8, 4) is 28.6 Å². The van der Waals surface area contributed by atoms with Crippen LogP contribution in [-0.2, 0) is 4.74 Å². The predicted octanol–water partition coefficient (Wildman–Crippen LogP) is 4.61. The van der Waals surface area contributed by atoms with Gasteiger partial charge in [-0.15, -0.1) is 10.2 Å². The Kier molecular flexibility index (Phi) is 6.36. The van der Waals surface area contributed by atoms with Crippen molar-refractivity contribution in [1.29, 1.82) is 0 Å². The Balaban J connectivity index is 1.71. The van der Waals surface area contributed by atoms with E-state index in [1.54, 1.807) is 26.0 Å². The summed E-state index contributed by atoms with van der Waals surface area (Å²) in [4.78, 5) is 0. The summed E-state index contributed by atoms with van der Waals surface area (Å²) in [5, 5.41) is 9.86. The zero-order valence-corrected chi connectivity index (χ0v) is 17.5. The van der Waals surface area contributed by atoms with Crippen molar-refractivity contribution in [2.24, 2.45) is 0 Å². The smallest absolute Gasteiger partial charge is 0.196 e. The molecule has 0 spiro atoms. The van der Waals surface area contributed by atoms with E-state index in [2.05, 4.69) is 14.8 Å². The van der Waals surface area contributed by atoms with Crippen LogP contribution < -0.4 is 9.47 Å². The summed E-state index contributed by atoms with van der Waals surface area (Å²) >= 11 is 1.68. The van der Waals surface area contributed by atoms with E-state index in [1.165, 1.54) is 6.42 Å². The van der Waals surface area contributed by atoms with Crippen LogP contribution in [0.2, 0.25) is 0 Å². The van der Waals surface area contributed by atoms with Crippen molar-refractivity contribution < 1.29 is 14.2 Å². The predicted molar refractivity (Wildman–Crippen MR) is 114 cm³/mol. The van der Waals surface area contributed by atoms with Gasteiger partial charge in [0.25, 0.3) is 0 Å². The molecule has 1 aliphatic rings. The Morgan fingerprint density at radius 2 is 1.86 bits per heavy atom. The van der Waals surface area contributed by atoms with E-state index in [4.69, 9.17) is 14.2 Å². The molecule has 1 saturated heterocycles. The second-order valence-electron chi connectivity index (χ2n) is 6.84. The molecule has 0 amide bonds. The molecular weight excluding hydrogens is 386 g/mol. The zero-order valence-electron chi connectivity index (χ0n) is 16.7. The molecule has 0 aliphatic carbocycles. The van der Waals surface area contributed by atoms with Gasteiger partial charge in [-0.1, -0.05) is 23.9 Å². The number of aromatic nitrogens is 3.